The number of benzene rings is 3. The van der Waals surface area contributed by atoms with Gasteiger partial charge in [0.15, 0.2) is 5.75 Å². The van der Waals surface area contributed by atoms with E-state index < -0.39 is 12.1 Å². The SMILES string of the molecule is O=C(ON(Oc1ccccc1)C(=O)OCc1ccccc1)c1ccccc1. The Kier molecular flexibility index (Phi) is 6.04. The first-order chi connectivity index (χ1) is 13.2. The Morgan fingerprint density at radius 3 is 1.93 bits per heavy atom. The minimum atomic E-state index is -0.952. The minimum absolute atomic E-state index is 0.0111. The van der Waals surface area contributed by atoms with Crippen LogP contribution in [0.2, 0.25) is 0 Å². The predicted molar refractivity (Wildman–Crippen MR) is 97.4 cm³/mol. The molecule has 0 radical (unpaired) electrons. The van der Waals surface area contributed by atoms with Gasteiger partial charge in [-0.25, -0.2) is 9.59 Å². The molecule has 0 aliphatic carbocycles. The summed E-state index contributed by atoms with van der Waals surface area (Å²) in [4.78, 5) is 35.1. The third kappa shape index (κ3) is 5.34. The maximum atomic E-state index is 12.4. The molecule has 0 unspecified atom stereocenters. The van der Waals surface area contributed by atoms with E-state index in [2.05, 4.69) is 0 Å². The number of hydrogen-bond donors (Lipinski definition) is 0. The molecule has 0 aromatic heterocycles. The molecule has 0 aliphatic heterocycles. The van der Waals surface area contributed by atoms with Crippen molar-refractivity contribution in [2.75, 3.05) is 0 Å². The number of hydroxylamine groups is 2. The van der Waals surface area contributed by atoms with Gasteiger partial charge in [0.1, 0.15) is 6.61 Å². The second-order valence-corrected chi connectivity index (χ2v) is 5.45. The zero-order valence-corrected chi connectivity index (χ0v) is 14.4. The van der Waals surface area contributed by atoms with Crippen molar-refractivity contribution in [3.63, 3.8) is 0 Å². The second-order valence-electron chi connectivity index (χ2n) is 5.45. The standard InChI is InChI=1S/C21H17NO5/c23-20(18-12-6-2-7-13-18)27-22(26-19-14-8-3-9-15-19)21(24)25-16-17-10-4-1-5-11-17/h1-15H,16H2. The van der Waals surface area contributed by atoms with Crippen LogP contribution in [0.3, 0.4) is 0 Å². The summed E-state index contributed by atoms with van der Waals surface area (Å²) in [5.41, 5.74) is 1.06. The van der Waals surface area contributed by atoms with Gasteiger partial charge in [-0.15, -0.1) is 0 Å². The van der Waals surface area contributed by atoms with Crippen LogP contribution in [0.4, 0.5) is 4.79 Å². The Labute approximate surface area is 156 Å². The summed E-state index contributed by atoms with van der Waals surface area (Å²) in [5.74, 6) is -0.432. The molecule has 0 atom stereocenters. The summed E-state index contributed by atoms with van der Waals surface area (Å²) in [6, 6.07) is 25.9. The monoisotopic (exact) mass is 363 g/mol. The van der Waals surface area contributed by atoms with Gasteiger partial charge in [0.25, 0.3) is 0 Å². The fraction of sp³-hybridized carbons (Fsp3) is 0.0476. The Hall–Kier alpha value is -3.80. The average Bonchev–Trinajstić information content (AvgIpc) is 2.73. The molecule has 0 saturated heterocycles. The third-order valence-electron chi connectivity index (χ3n) is 3.46. The van der Waals surface area contributed by atoms with Crippen LogP contribution < -0.4 is 4.84 Å². The summed E-state index contributed by atoms with van der Waals surface area (Å²) in [5, 5.41) is 0.438. The molecule has 0 heterocycles. The molecule has 1 amide bonds. The van der Waals surface area contributed by atoms with Crippen molar-refractivity contribution >= 4 is 12.1 Å². The molecule has 3 aromatic rings. The van der Waals surface area contributed by atoms with E-state index in [4.69, 9.17) is 14.4 Å². The normalized spacial score (nSPS) is 9.93. The molecule has 6 heteroatoms. The Balaban J connectivity index is 1.70. The van der Waals surface area contributed by atoms with E-state index in [9.17, 15) is 9.59 Å². The lowest BCUT2D eigenvalue weighted by molar-refractivity contribution is -0.247. The summed E-state index contributed by atoms with van der Waals surface area (Å²) in [6.07, 6.45) is -0.952. The van der Waals surface area contributed by atoms with Gasteiger partial charge in [-0.2, -0.15) is 0 Å². The van der Waals surface area contributed by atoms with Crippen LogP contribution in [0, 0.1) is 0 Å². The molecule has 3 aromatic carbocycles. The summed E-state index contributed by atoms with van der Waals surface area (Å²) in [7, 11) is 0. The molecular weight excluding hydrogens is 346 g/mol. The van der Waals surface area contributed by atoms with Crippen LogP contribution in [0.15, 0.2) is 91.0 Å². The van der Waals surface area contributed by atoms with E-state index in [0.717, 1.165) is 5.56 Å². The lowest BCUT2D eigenvalue weighted by Gasteiger charge is -2.19. The van der Waals surface area contributed by atoms with Crippen molar-refractivity contribution < 1.29 is 24.0 Å². The smallest absolute Gasteiger partial charge is 0.440 e. The fourth-order valence-electron chi connectivity index (χ4n) is 2.14. The van der Waals surface area contributed by atoms with E-state index in [0.29, 0.717) is 11.0 Å². The molecule has 0 spiro atoms. The van der Waals surface area contributed by atoms with Crippen LogP contribution in [0.25, 0.3) is 0 Å². The molecule has 0 saturated carbocycles. The highest BCUT2D eigenvalue weighted by atomic mass is 17.0. The minimum Gasteiger partial charge on any atom is -0.440 e. The molecule has 6 nitrogen and oxygen atoms in total. The maximum Gasteiger partial charge on any atom is 0.479 e. The van der Waals surface area contributed by atoms with Crippen LogP contribution >= 0.6 is 0 Å². The van der Waals surface area contributed by atoms with E-state index in [1.54, 1.807) is 60.7 Å². The van der Waals surface area contributed by atoms with Gasteiger partial charge in [0.05, 0.1) is 10.8 Å². The lowest BCUT2D eigenvalue weighted by Crippen LogP contribution is -2.37. The van der Waals surface area contributed by atoms with E-state index in [1.807, 2.05) is 30.3 Å². The molecule has 136 valence electrons. The van der Waals surface area contributed by atoms with Crippen molar-refractivity contribution in [2.45, 2.75) is 6.61 Å². The number of para-hydroxylation sites is 1. The molecular formula is C21H17NO5. The quantitative estimate of drug-likeness (QED) is 0.629. The van der Waals surface area contributed by atoms with Crippen molar-refractivity contribution in [1.82, 2.24) is 5.23 Å². The van der Waals surface area contributed by atoms with Gasteiger partial charge < -0.3 is 9.57 Å². The second kappa shape index (κ2) is 9.05. The molecule has 0 N–H and O–H groups in total. The number of ether oxygens (including phenoxy) is 1. The first-order valence-electron chi connectivity index (χ1n) is 8.23. The van der Waals surface area contributed by atoms with Gasteiger partial charge in [-0.1, -0.05) is 66.7 Å². The molecule has 0 bridgehead atoms. The maximum absolute atomic E-state index is 12.4. The largest absolute Gasteiger partial charge is 0.479 e. The van der Waals surface area contributed by atoms with Gasteiger partial charge >= 0.3 is 12.1 Å². The third-order valence-corrected chi connectivity index (χ3v) is 3.46. The van der Waals surface area contributed by atoms with Gasteiger partial charge in [0, 0.05) is 0 Å². The van der Waals surface area contributed by atoms with E-state index in [-0.39, 0.29) is 12.2 Å². The number of carbonyl (C=O) groups is 2. The number of nitrogens with zero attached hydrogens (tertiary/aromatic N) is 1. The zero-order valence-electron chi connectivity index (χ0n) is 14.4. The first kappa shape index (κ1) is 18.0. The summed E-state index contributed by atoms with van der Waals surface area (Å²) >= 11 is 0. The summed E-state index contributed by atoms with van der Waals surface area (Å²) in [6.45, 7) is 0.0111. The number of carbonyl (C=O) groups excluding carboxylic acids is 2. The Morgan fingerprint density at radius 2 is 1.30 bits per heavy atom. The molecule has 3 rings (SSSR count). The van der Waals surface area contributed by atoms with Gasteiger partial charge in [0.2, 0.25) is 0 Å². The van der Waals surface area contributed by atoms with Crippen molar-refractivity contribution in [3.05, 3.63) is 102 Å². The topological polar surface area (TPSA) is 65.1 Å². The average molecular weight is 363 g/mol. The van der Waals surface area contributed by atoms with E-state index in [1.165, 1.54) is 0 Å². The highest BCUT2D eigenvalue weighted by Gasteiger charge is 2.24. The molecule has 0 aliphatic rings. The van der Waals surface area contributed by atoms with Crippen molar-refractivity contribution in [3.8, 4) is 5.75 Å². The van der Waals surface area contributed by atoms with Crippen LogP contribution in [0.1, 0.15) is 15.9 Å². The Morgan fingerprint density at radius 1 is 0.741 bits per heavy atom. The zero-order chi connectivity index (χ0) is 18.9. The van der Waals surface area contributed by atoms with Gasteiger partial charge in [-0.3, -0.25) is 4.84 Å². The van der Waals surface area contributed by atoms with Crippen LogP contribution in [0.5, 0.6) is 5.75 Å². The Bertz CT molecular complexity index is 869. The molecule has 27 heavy (non-hydrogen) atoms. The lowest BCUT2D eigenvalue weighted by atomic mass is 10.2. The fourth-order valence-corrected chi connectivity index (χ4v) is 2.14. The van der Waals surface area contributed by atoms with Gasteiger partial charge in [-0.05, 0) is 29.8 Å². The highest BCUT2D eigenvalue weighted by Crippen LogP contribution is 2.14. The molecule has 0 fully saturated rings. The highest BCUT2D eigenvalue weighted by molar-refractivity contribution is 5.89. The van der Waals surface area contributed by atoms with Crippen molar-refractivity contribution in [1.29, 1.82) is 0 Å². The predicted octanol–water partition coefficient (Wildman–Crippen LogP) is 4.39. The number of rotatable bonds is 5. The number of hydrogen-bond acceptors (Lipinski definition) is 5. The van der Waals surface area contributed by atoms with Crippen LogP contribution in [-0.4, -0.2) is 17.3 Å². The first-order valence-corrected chi connectivity index (χ1v) is 8.23. The van der Waals surface area contributed by atoms with E-state index >= 15 is 0 Å². The van der Waals surface area contributed by atoms with Crippen LogP contribution in [-0.2, 0) is 16.2 Å². The van der Waals surface area contributed by atoms with Crippen molar-refractivity contribution in [2.24, 2.45) is 0 Å². The summed E-state index contributed by atoms with van der Waals surface area (Å²) < 4.78 is 5.18. The number of amides is 1.